The van der Waals surface area contributed by atoms with Gasteiger partial charge in [0.2, 0.25) is 0 Å². The molecule has 2 nitrogen and oxygen atoms in total. The molecule has 1 aromatic carbocycles. The fraction of sp³-hybridized carbons (Fsp3) is 0.667. The van der Waals surface area contributed by atoms with Gasteiger partial charge in [-0.2, -0.15) is 0 Å². The van der Waals surface area contributed by atoms with Crippen molar-refractivity contribution in [2.45, 2.75) is 58.0 Å². The molecule has 0 radical (unpaired) electrons. The third kappa shape index (κ3) is 3.83. The monoisotopic (exact) mass is 274 g/mol. The first kappa shape index (κ1) is 15.5. The van der Waals surface area contributed by atoms with Crippen LogP contribution in [-0.2, 0) is 5.41 Å². The van der Waals surface area contributed by atoms with Crippen molar-refractivity contribution in [3.05, 3.63) is 35.4 Å². The molecule has 0 aliphatic carbocycles. The van der Waals surface area contributed by atoms with E-state index in [0.29, 0.717) is 12.1 Å². The lowest BCUT2D eigenvalue weighted by Gasteiger charge is -2.28. The molecule has 20 heavy (non-hydrogen) atoms. The summed E-state index contributed by atoms with van der Waals surface area (Å²) in [5, 5.41) is 3.58. The maximum atomic E-state index is 3.58. The first-order chi connectivity index (χ1) is 9.38. The van der Waals surface area contributed by atoms with E-state index in [4.69, 9.17) is 0 Å². The van der Waals surface area contributed by atoms with Gasteiger partial charge in [-0.15, -0.1) is 0 Å². The molecule has 0 aromatic heterocycles. The molecular formula is C18H30N2. The van der Waals surface area contributed by atoms with E-state index in [-0.39, 0.29) is 5.41 Å². The van der Waals surface area contributed by atoms with Crippen LogP contribution in [0.15, 0.2) is 24.3 Å². The zero-order valence-corrected chi connectivity index (χ0v) is 13.7. The SMILES string of the molecule is CC(c1ccc(C(C)(C)C)cc1)N(C)CC1CCCN1. The highest BCUT2D eigenvalue weighted by atomic mass is 15.2. The average Bonchev–Trinajstić information content (AvgIpc) is 2.90. The van der Waals surface area contributed by atoms with E-state index in [2.05, 4.69) is 69.2 Å². The molecule has 1 aliphatic rings. The van der Waals surface area contributed by atoms with Crippen LogP contribution in [0.2, 0.25) is 0 Å². The van der Waals surface area contributed by atoms with Gasteiger partial charge in [-0.3, -0.25) is 4.90 Å². The minimum atomic E-state index is 0.238. The molecular weight excluding hydrogens is 244 g/mol. The summed E-state index contributed by atoms with van der Waals surface area (Å²) in [5.41, 5.74) is 3.06. The molecule has 1 N–H and O–H groups in total. The Kier molecular flexibility index (Phi) is 4.87. The van der Waals surface area contributed by atoms with Crippen molar-refractivity contribution in [1.29, 1.82) is 0 Å². The van der Waals surface area contributed by atoms with Crippen LogP contribution in [0.5, 0.6) is 0 Å². The van der Waals surface area contributed by atoms with Crippen LogP contribution < -0.4 is 5.32 Å². The molecule has 2 atom stereocenters. The van der Waals surface area contributed by atoms with Gasteiger partial charge in [0.05, 0.1) is 0 Å². The van der Waals surface area contributed by atoms with Gasteiger partial charge in [-0.1, -0.05) is 45.0 Å². The van der Waals surface area contributed by atoms with E-state index in [1.165, 1.54) is 30.5 Å². The molecule has 0 spiro atoms. The summed E-state index contributed by atoms with van der Waals surface area (Å²) in [6, 6.07) is 10.3. The second-order valence-electron chi connectivity index (χ2n) is 7.28. The van der Waals surface area contributed by atoms with Crippen molar-refractivity contribution in [1.82, 2.24) is 10.2 Å². The lowest BCUT2D eigenvalue weighted by molar-refractivity contribution is 0.238. The molecule has 1 fully saturated rings. The summed E-state index contributed by atoms with van der Waals surface area (Å²) >= 11 is 0. The van der Waals surface area contributed by atoms with Crippen molar-refractivity contribution in [3.63, 3.8) is 0 Å². The van der Waals surface area contributed by atoms with Crippen molar-refractivity contribution in [2.24, 2.45) is 0 Å². The van der Waals surface area contributed by atoms with Gasteiger partial charge >= 0.3 is 0 Å². The first-order valence-corrected chi connectivity index (χ1v) is 7.92. The Hall–Kier alpha value is -0.860. The summed E-state index contributed by atoms with van der Waals surface area (Å²) in [6.45, 7) is 11.4. The molecule has 2 rings (SSSR count). The molecule has 2 heteroatoms. The fourth-order valence-corrected chi connectivity index (χ4v) is 2.93. The second kappa shape index (κ2) is 6.28. The van der Waals surface area contributed by atoms with E-state index in [1.54, 1.807) is 0 Å². The maximum absolute atomic E-state index is 3.58. The van der Waals surface area contributed by atoms with Crippen molar-refractivity contribution in [3.8, 4) is 0 Å². The van der Waals surface area contributed by atoms with Gasteiger partial charge in [-0.05, 0) is 49.9 Å². The molecule has 0 amide bonds. The van der Waals surface area contributed by atoms with Crippen LogP contribution in [0.4, 0.5) is 0 Å². The van der Waals surface area contributed by atoms with Crippen LogP contribution >= 0.6 is 0 Å². The molecule has 2 unspecified atom stereocenters. The normalized spacial score (nSPS) is 21.4. The minimum Gasteiger partial charge on any atom is -0.313 e. The number of benzene rings is 1. The zero-order chi connectivity index (χ0) is 14.8. The topological polar surface area (TPSA) is 15.3 Å². The molecule has 0 saturated carbocycles. The lowest BCUT2D eigenvalue weighted by Crippen LogP contribution is -2.36. The largest absolute Gasteiger partial charge is 0.313 e. The highest BCUT2D eigenvalue weighted by Crippen LogP contribution is 2.25. The Balaban J connectivity index is 1.99. The number of likely N-dealkylation sites (N-methyl/N-ethyl adjacent to an activating group) is 1. The molecule has 112 valence electrons. The van der Waals surface area contributed by atoms with E-state index in [9.17, 15) is 0 Å². The van der Waals surface area contributed by atoms with Crippen molar-refractivity contribution >= 4 is 0 Å². The van der Waals surface area contributed by atoms with E-state index in [1.807, 2.05) is 0 Å². The van der Waals surface area contributed by atoms with Gasteiger partial charge in [0.1, 0.15) is 0 Å². The van der Waals surface area contributed by atoms with Crippen LogP contribution in [-0.4, -0.2) is 31.1 Å². The Bertz CT molecular complexity index is 410. The van der Waals surface area contributed by atoms with Crippen LogP contribution in [0, 0.1) is 0 Å². The average molecular weight is 274 g/mol. The number of rotatable bonds is 4. The summed E-state index contributed by atoms with van der Waals surface area (Å²) in [5.74, 6) is 0. The highest BCUT2D eigenvalue weighted by Gasteiger charge is 2.20. The second-order valence-corrected chi connectivity index (χ2v) is 7.28. The fourth-order valence-electron chi connectivity index (χ4n) is 2.93. The van der Waals surface area contributed by atoms with Gasteiger partial charge in [0, 0.05) is 18.6 Å². The summed E-state index contributed by atoms with van der Waals surface area (Å²) in [4.78, 5) is 2.47. The molecule has 1 aliphatic heterocycles. The predicted octanol–water partition coefficient (Wildman–Crippen LogP) is 3.73. The number of hydrogen-bond acceptors (Lipinski definition) is 2. The first-order valence-electron chi connectivity index (χ1n) is 7.92. The molecule has 1 heterocycles. The number of hydrogen-bond donors (Lipinski definition) is 1. The Morgan fingerprint density at radius 2 is 1.90 bits per heavy atom. The third-order valence-corrected chi connectivity index (χ3v) is 4.59. The standard InChI is InChI=1S/C18H30N2/c1-14(20(5)13-17-7-6-12-19-17)15-8-10-16(11-9-15)18(2,3)4/h8-11,14,17,19H,6-7,12-13H2,1-5H3. The van der Waals surface area contributed by atoms with Crippen molar-refractivity contribution < 1.29 is 0 Å². The predicted molar refractivity (Wildman–Crippen MR) is 87.2 cm³/mol. The maximum Gasteiger partial charge on any atom is 0.0317 e. The zero-order valence-electron chi connectivity index (χ0n) is 13.7. The van der Waals surface area contributed by atoms with Gasteiger partial charge in [0.25, 0.3) is 0 Å². The summed E-state index contributed by atoms with van der Waals surface area (Å²) in [7, 11) is 2.24. The Morgan fingerprint density at radius 3 is 2.40 bits per heavy atom. The van der Waals surface area contributed by atoms with E-state index < -0.39 is 0 Å². The van der Waals surface area contributed by atoms with Gasteiger partial charge in [-0.25, -0.2) is 0 Å². The Labute approximate surface area is 124 Å². The van der Waals surface area contributed by atoms with E-state index >= 15 is 0 Å². The summed E-state index contributed by atoms with van der Waals surface area (Å²) in [6.07, 6.45) is 2.65. The lowest BCUT2D eigenvalue weighted by atomic mass is 9.86. The quantitative estimate of drug-likeness (QED) is 0.900. The van der Waals surface area contributed by atoms with Crippen LogP contribution in [0.1, 0.15) is 57.7 Å². The van der Waals surface area contributed by atoms with Crippen molar-refractivity contribution in [2.75, 3.05) is 20.1 Å². The van der Waals surface area contributed by atoms with E-state index in [0.717, 1.165) is 6.54 Å². The van der Waals surface area contributed by atoms with Gasteiger partial charge in [0.15, 0.2) is 0 Å². The minimum absolute atomic E-state index is 0.238. The number of nitrogens with one attached hydrogen (secondary N) is 1. The third-order valence-electron chi connectivity index (χ3n) is 4.59. The number of nitrogens with zero attached hydrogens (tertiary/aromatic N) is 1. The molecule has 1 saturated heterocycles. The Morgan fingerprint density at radius 1 is 1.25 bits per heavy atom. The van der Waals surface area contributed by atoms with Gasteiger partial charge < -0.3 is 5.32 Å². The summed E-state index contributed by atoms with van der Waals surface area (Å²) < 4.78 is 0. The molecule has 0 bridgehead atoms. The smallest absolute Gasteiger partial charge is 0.0317 e. The van der Waals surface area contributed by atoms with Crippen LogP contribution in [0.3, 0.4) is 0 Å². The highest BCUT2D eigenvalue weighted by molar-refractivity contribution is 5.29. The molecule has 1 aromatic rings. The van der Waals surface area contributed by atoms with Crippen LogP contribution in [0.25, 0.3) is 0 Å².